The van der Waals surface area contributed by atoms with E-state index in [1.165, 1.54) is 57.7 Å². The maximum absolute atomic E-state index is 16.8. The summed E-state index contributed by atoms with van der Waals surface area (Å²) in [4.78, 5) is 22.0. The van der Waals surface area contributed by atoms with Crippen LogP contribution in [0.5, 0.6) is 0 Å². The van der Waals surface area contributed by atoms with Crippen LogP contribution in [0, 0.1) is 68.6 Å². The van der Waals surface area contributed by atoms with E-state index in [4.69, 9.17) is 9.97 Å². The molecule has 0 amide bonds. The summed E-state index contributed by atoms with van der Waals surface area (Å²) in [6.45, 7) is 41.9. The topological polar surface area (TPSA) is 156 Å². The van der Waals surface area contributed by atoms with Gasteiger partial charge in [0.15, 0.2) is 23.3 Å². The number of fused-ring (bicyclic) bond motifs is 8. The molecule has 106 heavy (non-hydrogen) atoms. The number of allylic oxidation sites excluding steroid dienone is 2. The lowest BCUT2D eigenvalue weighted by atomic mass is 9.78. The van der Waals surface area contributed by atoms with Crippen LogP contribution in [0.3, 0.4) is 0 Å². The van der Waals surface area contributed by atoms with E-state index in [0.717, 1.165) is 89.5 Å². The molecule has 0 atom stereocenters. The molecule has 0 saturated carbocycles. The minimum Gasteiger partial charge on any atom is -0.371 e. The summed E-state index contributed by atoms with van der Waals surface area (Å²) in [5.74, 6) is -7.87. The smallest absolute Gasteiger partial charge is 0.171 e. The zero-order valence-electron chi connectivity index (χ0n) is 64.1. The Bertz CT molecular complexity index is 5440. The van der Waals surface area contributed by atoms with Crippen LogP contribution in [-0.2, 0) is 32.5 Å². The monoisotopic (exact) mass is 1410 g/mol. The highest BCUT2D eigenvalue weighted by Gasteiger charge is 2.33. The Kier molecular flexibility index (Phi) is 19.5. The first kappa shape index (κ1) is 74.6. The highest BCUT2D eigenvalue weighted by atomic mass is 19.2. The number of hydrogen-bond donors (Lipinski definition) is 2. The number of benzene rings is 6. The summed E-state index contributed by atoms with van der Waals surface area (Å²) in [6, 6.07) is 50.6. The second kappa shape index (κ2) is 27.7. The second-order valence-corrected chi connectivity index (χ2v) is 34.6. The molecule has 3 aromatic heterocycles. The molecule has 0 aliphatic carbocycles. The van der Waals surface area contributed by atoms with Crippen LogP contribution < -0.4 is 15.3 Å². The molecule has 2 N–H and O–H groups in total. The lowest BCUT2D eigenvalue weighted by molar-refractivity contribution is 0.434. The van der Waals surface area contributed by atoms with E-state index >= 15 is 17.6 Å². The second-order valence-electron chi connectivity index (χ2n) is 34.6. The van der Waals surface area contributed by atoms with E-state index in [0.29, 0.717) is 25.9 Å². The van der Waals surface area contributed by atoms with Crippen molar-refractivity contribution in [1.82, 2.24) is 19.9 Å². The Hall–Kier alpha value is -11.1. The van der Waals surface area contributed by atoms with Crippen LogP contribution in [0.1, 0.15) is 216 Å². The van der Waals surface area contributed by atoms with E-state index in [2.05, 4.69) is 243 Å². The Morgan fingerprint density at radius 1 is 0.396 bits per heavy atom. The van der Waals surface area contributed by atoms with Crippen molar-refractivity contribution in [2.75, 3.05) is 18.0 Å². The van der Waals surface area contributed by atoms with Crippen molar-refractivity contribution in [3.8, 4) is 57.7 Å². The van der Waals surface area contributed by atoms with Crippen molar-refractivity contribution < 1.29 is 17.6 Å². The van der Waals surface area contributed by atoms with Crippen molar-refractivity contribution >= 4 is 68.8 Å². The SMILES string of the molecule is CC(C)(C)c1cc(-c2c3nc(c(-c4cc(C(C)(C)C)cc(C(C)(C)C)c4)c4ccc([nH]4)c(C4CCN(c5ccc(C(C(=C(C#N)C#N)c6ccccc6)=c6c(F)c(F)c(=C(C#N)C#N)c(F)c6F)cc5)CC4)c4nc(c(-c5cc(C(C)(C)C)cc(C(C)(C)C)c5)c5ccc2[nH]5)C=C4)C=C3)cc(C(C)(C)C)c1. The predicted octanol–water partition coefficient (Wildman–Crippen LogP) is 22.3. The number of piperidine rings is 1. The van der Waals surface area contributed by atoms with Gasteiger partial charge >= 0.3 is 0 Å². The molecule has 0 spiro atoms. The minimum atomic E-state index is -1.98. The molecule has 536 valence electrons. The van der Waals surface area contributed by atoms with Crippen LogP contribution in [0.2, 0.25) is 0 Å². The third-order valence-electron chi connectivity index (χ3n) is 20.9. The van der Waals surface area contributed by atoms with Crippen LogP contribution in [0.4, 0.5) is 23.2 Å². The predicted molar refractivity (Wildman–Crippen MR) is 425 cm³/mol. The molecule has 6 aromatic carbocycles. The Morgan fingerprint density at radius 3 is 1.09 bits per heavy atom. The number of aromatic amines is 2. The van der Waals surface area contributed by atoms with E-state index in [1.54, 1.807) is 42.5 Å². The number of nitriles is 4. The number of aromatic nitrogens is 4. The lowest BCUT2D eigenvalue weighted by Crippen LogP contribution is -2.33. The molecule has 1 fully saturated rings. The van der Waals surface area contributed by atoms with E-state index in [9.17, 15) is 21.0 Å². The van der Waals surface area contributed by atoms with Gasteiger partial charge in [-0.05, 0) is 173 Å². The first-order valence-electron chi connectivity index (χ1n) is 36.3. The fraction of sp³-hybridized carbons (Fsp3) is 0.312. The maximum atomic E-state index is 16.8. The van der Waals surface area contributed by atoms with Crippen molar-refractivity contribution in [3.05, 3.63) is 246 Å². The van der Waals surface area contributed by atoms with Gasteiger partial charge in [-0.25, -0.2) is 27.5 Å². The van der Waals surface area contributed by atoms with Gasteiger partial charge in [0.25, 0.3) is 0 Å². The molecule has 1 saturated heterocycles. The number of nitrogens with one attached hydrogen (secondary N) is 2. The summed E-state index contributed by atoms with van der Waals surface area (Å²) < 4.78 is 66.1. The largest absolute Gasteiger partial charge is 0.371 e. The normalized spacial score (nSPS) is 13.6. The first-order chi connectivity index (χ1) is 49.8. The van der Waals surface area contributed by atoms with Crippen LogP contribution in [0.15, 0.2) is 139 Å². The first-order valence-corrected chi connectivity index (χ1v) is 36.3. The van der Waals surface area contributed by atoms with E-state index < -0.39 is 50.4 Å². The van der Waals surface area contributed by atoms with Gasteiger partial charge in [-0.15, -0.1) is 0 Å². The molecule has 3 aliphatic rings. The van der Waals surface area contributed by atoms with Gasteiger partial charge in [-0.1, -0.05) is 222 Å². The summed E-state index contributed by atoms with van der Waals surface area (Å²) in [5, 5.41) is 37.3. The average molecular weight is 1410 g/mol. The van der Waals surface area contributed by atoms with Gasteiger partial charge < -0.3 is 14.9 Å². The van der Waals surface area contributed by atoms with Gasteiger partial charge in [-0.3, -0.25) is 0 Å². The van der Waals surface area contributed by atoms with Gasteiger partial charge in [0.2, 0.25) is 0 Å². The lowest BCUT2D eigenvalue weighted by Gasteiger charge is -2.34. The number of nitrogens with zero attached hydrogens (tertiary/aromatic N) is 7. The summed E-state index contributed by atoms with van der Waals surface area (Å²) in [5.41, 5.74) is 18.4. The van der Waals surface area contributed by atoms with Gasteiger partial charge in [0, 0.05) is 74.2 Å². The standard InChI is InChI=1S/C93H91F4N9/c1-88(2,3)61-40-56(41-62(46-61)89(4,5)6)78-70-30-28-68(102-70)77(55-36-38-106(39-37-55)67-26-24-54(25-27-67)81(76(59(49-98)50-99)53-22-20-19-21-23-53)83-86(96)84(94)82(60(51-100)52-101)85(95)87(83)97)69-29-31-71(103-69)79(57-42-63(90(7,8)9)47-64(43-57)91(10,11)12)73-33-35-75(105-73)80(74-34-32-72(78)104-74)58-44-65(92(13,14)15)48-66(45-58)93(16,17)18/h19-35,40-48,55,102,105H,36-39H2,1-18H3. The maximum Gasteiger partial charge on any atom is 0.171 e. The molecular weight excluding hydrogens is 1320 g/mol. The van der Waals surface area contributed by atoms with Crippen molar-refractivity contribution in [1.29, 1.82) is 21.0 Å². The molecular formula is C93H91F4N9. The number of hydrogen-bond acceptors (Lipinski definition) is 7. The van der Waals surface area contributed by atoms with Gasteiger partial charge in [0.1, 0.15) is 35.4 Å². The fourth-order valence-corrected chi connectivity index (χ4v) is 14.5. The Labute approximate surface area is 621 Å². The zero-order chi connectivity index (χ0) is 76.7. The minimum absolute atomic E-state index is 0.0200. The third-order valence-corrected chi connectivity index (χ3v) is 20.9. The Morgan fingerprint density at radius 2 is 0.736 bits per heavy atom. The molecule has 3 aliphatic heterocycles. The number of H-pyrrole nitrogens is 2. The van der Waals surface area contributed by atoms with Gasteiger partial charge in [-0.2, -0.15) is 21.0 Å². The molecule has 13 heteroatoms. The number of rotatable bonds is 8. The summed E-state index contributed by atoms with van der Waals surface area (Å²) >= 11 is 0. The highest BCUT2D eigenvalue weighted by molar-refractivity contribution is 6.08. The molecule has 6 heterocycles. The number of anilines is 1. The average Bonchev–Trinajstić information content (AvgIpc) is 1.35. The summed E-state index contributed by atoms with van der Waals surface area (Å²) in [7, 11) is 0. The molecule has 8 bridgehead atoms. The van der Waals surface area contributed by atoms with E-state index in [-0.39, 0.29) is 55.1 Å². The molecule has 9 aromatic rings. The molecule has 9 nitrogen and oxygen atoms in total. The molecule has 0 unspecified atom stereocenters. The fourth-order valence-electron chi connectivity index (χ4n) is 14.5. The quantitative estimate of drug-likeness (QED) is 0.0871. The van der Waals surface area contributed by atoms with Crippen molar-refractivity contribution in [2.24, 2.45) is 0 Å². The van der Waals surface area contributed by atoms with Gasteiger partial charge in [0.05, 0.1) is 33.2 Å². The third kappa shape index (κ3) is 14.5. The summed E-state index contributed by atoms with van der Waals surface area (Å²) in [6.07, 6.45) is 10.00. The highest BCUT2D eigenvalue weighted by Crippen LogP contribution is 2.46. The van der Waals surface area contributed by atoms with Crippen molar-refractivity contribution in [3.63, 3.8) is 0 Å². The molecule has 0 radical (unpaired) electrons. The number of halogens is 4. The Balaban J connectivity index is 1.11. The van der Waals surface area contributed by atoms with Crippen molar-refractivity contribution in [2.45, 2.75) is 176 Å². The van der Waals surface area contributed by atoms with Crippen LogP contribution in [0.25, 0.3) is 96.5 Å². The molecule has 12 rings (SSSR count). The van der Waals surface area contributed by atoms with E-state index in [1.807, 2.05) is 12.1 Å². The van der Waals surface area contributed by atoms with Crippen LogP contribution in [-0.4, -0.2) is 33.0 Å². The van der Waals surface area contributed by atoms with Crippen LogP contribution >= 0.6 is 0 Å². The zero-order valence-corrected chi connectivity index (χ0v) is 64.1.